The van der Waals surface area contributed by atoms with Gasteiger partial charge in [-0.25, -0.2) is 0 Å². The number of carbonyl (C=O) groups is 1. The number of carbonyl (C=O) groups excluding carboxylic acids is 1. The van der Waals surface area contributed by atoms with Gasteiger partial charge >= 0.3 is 0 Å². The largest absolute Gasteiger partial charge is 0.337 e. The van der Waals surface area contributed by atoms with Crippen molar-refractivity contribution in [3.8, 4) is 0 Å². The fraction of sp³-hybridized carbons (Fsp3) is 0.571. The van der Waals surface area contributed by atoms with Gasteiger partial charge in [0.05, 0.1) is 18.2 Å². The van der Waals surface area contributed by atoms with Crippen LogP contribution in [0.15, 0.2) is 24.4 Å². The van der Waals surface area contributed by atoms with Crippen LogP contribution in [0.2, 0.25) is 0 Å². The molecule has 1 aromatic heterocycles. The Hall–Kier alpha value is -0.840. The van der Waals surface area contributed by atoms with E-state index in [4.69, 9.17) is 5.73 Å². The van der Waals surface area contributed by atoms with Crippen LogP contribution in [0, 0.1) is 5.92 Å². The zero-order valence-corrected chi connectivity index (χ0v) is 13.3. The molecule has 6 heteroatoms. The van der Waals surface area contributed by atoms with Crippen LogP contribution in [-0.4, -0.2) is 28.4 Å². The Morgan fingerprint density at radius 3 is 2.65 bits per heavy atom. The lowest BCUT2D eigenvalue weighted by Crippen LogP contribution is -2.41. The Morgan fingerprint density at radius 2 is 2.15 bits per heavy atom. The van der Waals surface area contributed by atoms with Gasteiger partial charge in [0.1, 0.15) is 0 Å². The maximum absolute atomic E-state index is 12.4. The molecule has 0 radical (unpaired) electrons. The van der Waals surface area contributed by atoms with E-state index < -0.39 is 0 Å². The SMILES string of the molecule is CCN(Cc1ccccn1)C(=O)C1CCCC1N.Cl.Cl. The van der Waals surface area contributed by atoms with Crippen molar-refractivity contribution in [1.82, 2.24) is 9.88 Å². The Kier molecular flexibility index (Phi) is 8.78. The summed E-state index contributed by atoms with van der Waals surface area (Å²) in [7, 11) is 0. The molecule has 0 bridgehead atoms. The first-order valence-corrected chi connectivity index (χ1v) is 6.66. The molecule has 20 heavy (non-hydrogen) atoms. The van der Waals surface area contributed by atoms with Crippen molar-refractivity contribution in [1.29, 1.82) is 0 Å². The number of pyridine rings is 1. The van der Waals surface area contributed by atoms with E-state index in [-0.39, 0.29) is 42.7 Å². The minimum Gasteiger partial charge on any atom is -0.337 e. The molecule has 2 N–H and O–H groups in total. The van der Waals surface area contributed by atoms with E-state index in [1.807, 2.05) is 30.0 Å². The van der Waals surface area contributed by atoms with Gasteiger partial charge in [0.2, 0.25) is 5.91 Å². The van der Waals surface area contributed by atoms with Crippen molar-refractivity contribution in [2.75, 3.05) is 6.54 Å². The minimum atomic E-state index is 0. The van der Waals surface area contributed by atoms with Crippen molar-refractivity contribution in [3.05, 3.63) is 30.1 Å². The van der Waals surface area contributed by atoms with Crippen LogP contribution in [0.5, 0.6) is 0 Å². The van der Waals surface area contributed by atoms with Gasteiger partial charge in [-0.05, 0) is 31.9 Å². The van der Waals surface area contributed by atoms with Gasteiger partial charge in [0.25, 0.3) is 0 Å². The summed E-state index contributed by atoms with van der Waals surface area (Å²) in [5.74, 6) is 0.196. The van der Waals surface area contributed by atoms with Crippen molar-refractivity contribution in [3.63, 3.8) is 0 Å². The molecule has 1 heterocycles. The molecule has 1 amide bonds. The summed E-state index contributed by atoms with van der Waals surface area (Å²) in [4.78, 5) is 18.5. The second-order valence-electron chi connectivity index (χ2n) is 4.87. The molecule has 1 saturated carbocycles. The van der Waals surface area contributed by atoms with E-state index in [9.17, 15) is 4.79 Å². The average molecular weight is 320 g/mol. The third-order valence-corrected chi connectivity index (χ3v) is 3.66. The van der Waals surface area contributed by atoms with Gasteiger partial charge < -0.3 is 10.6 Å². The molecule has 0 saturated heterocycles. The summed E-state index contributed by atoms with van der Waals surface area (Å²) in [5, 5.41) is 0. The molecule has 1 aliphatic rings. The van der Waals surface area contributed by atoms with Crippen molar-refractivity contribution < 1.29 is 4.79 Å². The molecular weight excluding hydrogens is 297 g/mol. The van der Waals surface area contributed by atoms with Gasteiger partial charge in [0.15, 0.2) is 0 Å². The molecule has 0 spiro atoms. The number of amides is 1. The number of rotatable bonds is 4. The molecule has 0 aliphatic heterocycles. The monoisotopic (exact) mass is 319 g/mol. The highest BCUT2D eigenvalue weighted by Crippen LogP contribution is 2.26. The van der Waals surface area contributed by atoms with E-state index in [1.165, 1.54) is 0 Å². The Bertz CT molecular complexity index is 403. The molecule has 2 unspecified atom stereocenters. The van der Waals surface area contributed by atoms with E-state index in [1.54, 1.807) is 6.20 Å². The molecule has 1 fully saturated rings. The van der Waals surface area contributed by atoms with Crippen LogP contribution in [0.3, 0.4) is 0 Å². The number of halogens is 2. The zero-order chi connectivity index (χ0) is 13.0. The van der Waals surface area contributed by atoms with Crippen LogP contribution >= 0.6 is 24.8 Å². The summed E-state index contributed by atoms with van der Waals surface area (Å²) >= 11 is 0. The predicted molar refractivity (Wildman–Crippen MR) is 85.1 cm³/mol. The van der Waals surface area contributed by atoms with Gasteiger partial charge in [-0.15, -0.1) is 24.8 Å². The van der Waals surface area contributed by atoms with Gasteiger partial charge in [0, 0.05) is 18.8 Å². The molecule has 114 valence electrons. The maximum atomic E-state index is 12.4. The standard InChI is InChI=1S/C14H21N3O.2ClH/c1-2-17(10-11-6-3-4-9-16-11)14(18)12-7-5-8-13(12)15;;/h3-4,6,9,12-13H,2,5,7-8,10,15H2,1H3;2*1H. The highest BCUT2D eigenvalue weighted by Gasteiger charge is 2.32. The maximum Gasteiger partial charge on any atom is 0.227 e. The molecule has 1 aromatic rings. The molecule has 0 aromatic carbocycles. The summed E-state index contributed by atoms with van der Waals surface area (Å²) < 4.78 is 0. The summed E-state index contributed by atoms with van der Waals surface area (Å²) in [6.07, 6.45) is 4.73. The zero-order valence-electron chi connectivity index (χ0n) is 11.7. The lowest BCUT2D eigenvalue weighted by atomic mass is 10.0. The Morgan fingerprint density at radius 1 is 1.40 bits per heavy atom. The topological polar surface area (TPSA) is 59.2 Å². The van der Waals surface area contributed by atoms with E-state index in [0.29, 0.717) is 13.1 Å². The average Bonchev–Trinajstić information content (AvgIpc) is 2.82. The highest BCUT2D eigenvalue weighted by molar-refractivity contribution is 5.85. The number of nitrogens with two attached hydrogens (primary N) is 1. The fourth-order valence-electron chi connectivity index (χ4n) is 2.56. The first kappa shape index (κ1) is 19.2. The third-order valence-electron chi connectivity index (χ3n) is 3.66. The summed E-state index contributed by atoms with van der Waals surface area (Å²) in [6.45, 7) is 3.29. The van der Waals surface area contributed by atoms with E-state index >= 15 is 0 Å². The van der Waals surface area contributed by atoms with Gasteiger partial charge in [-0.3, -0.25) is 9.78 Å². The fourth-order valence-corrected chi connectivity index (χ4v) is 2.56. The quantitative estimate of drug-likeness (QED) is 0.927. The van der Waals surface area contributed by atoms with Crippen LogP contribution < -0.4 is 5.73 Å². The second kappa shape index (κ2) is 9.16. The van der Waals surface area contributed by atoms with Crippen molar-refractivity contribution in [2.45, 2.75) is 38.8 Å². The molecule has 4 nitrogen and oxygen atoms in total. The first-order chi connectivity index (χ1) is 8.72. The van der Waals surface area contributed by atoms with Crippen LogP contribution in [-0.2, 0) is 11.3 Å². The van der Waals surface area contributed by atoms with Crippen LogP contribution in [0.4, 0.5) is 0 Å². The summed E-state index contributed by atoms with van der Waals surface area (Å²) in [5.41, 5.74) is 6.93. The lowest BCUT2D eigenvalue weighted by Gasteiger charge is -2.25. The predicted octanol–water partition coefficient (Wildman–Crippen LogP) is 2.40. The number of hydrogen-bond donors (Lipinski definition) is 1. The number of aromatic nitrogens is 1. The van der Waals surface area contributed by atoms with Gasteiger partial charge in [-0.1, -0.05) is 12.5 Å². The van der Waals surface area contributed by atoms with Gasteiger partial charge in [-0.2, -0.15) is 0 Å². The Labute approximate surface area is 132 Å². The first-order valence-electron chi connectivity index (χ1n) is 6.66. The second-order valence-corrected chi connectivity index (χ2v) is 4.87. The van der Waals surface area contributed by atoms with Crippen LogP contribution in [0.1, 0.15) is 31.9 Å². The highest BCUT2D eigenvalue weighted by atomic mass is 35.5. The molecule has 2 rings (SSSR count). The van der Waals surface area contributed by atoms with Crippen molar-refractivity contribution in [2.24, 2.45) is 11.7 Å². The molecule has 1 aliphatic carbocycles. The smallest absolute Gasteiger partial charge is 0.227 e. The minimum absolute atomic E-state index is 0. The molecular formula is C14H23Cl2N3O. The van der Waals surface area contributed by atoms with E-state index in [2.05, 4.69) is 4.98 Å². The Balaban J connectivity index is 0.00000180. The normalized spacial score (nSPS) is 20.7. The lowest BCUT2D eigenvalue weighted by molar-refractivity contribution is -0.136. The third kappa shape index (κ3) is 4.62. The summed E-state index contributed by atoms with van der Waals surface area (Å²) in [6, 6.07) is 5.82. The number of hydrogen-bond acceptors (Lipinski definition) is 3. The molecule has 2 atom stereocenters. The van der Waals surface area contributed by atoms with E-state index in [0.717, 1.165) is 25.0 Å². The van der Waals surface area contributed by atoms with Crippen molar-refractivity contribution >= 4 is 30.7 Å². The van der Waals surface area contributed by atoms with Crippen LogP contribution in [0.25, 0.3) is 0 Å². The number of nitrogens with zero attached hydrogens (tertiary/aromatic N) is 2.